The number of hydrogen-bond acceptors (Lipinski definition) is 4. The van der Waals surface area contributed by atoms with E-state index < -0.39 is 9.84 Å². The summed E-state index contributed by atoms with van der Waals surface area (Å²) < 4.78 is 25.0. The van der Waals surface area contributed by atoms with Gasteiger partial charge in [0, 0.05) is 18.5 Å². The molecule has 0 aromatic carbocycles. The number of carbonyl (C=O) groups is 1. The molecule has 1 aromatic rings. The first-order chi connectivity index (χ1) is 9.41. The molecule has 20 heavy (non-hydrogen) atoms. The maximum Gasteiger partial charge on any atom is 0.238 e. The van der Waals surface area contributed by atoms with E-state index in [1.54, 1.807) is 18.0 Å². The maximum atomic E-state index is 12.1. The van der Waals surface area contributed by atoms with E-state index in [4.69, 9.17) is 0 Å². The average Bonchev–Trinajstić information content (AvgIpc) is 2.98. The van der Waals surface area contributed by atoms with Crippen LogP contribution in [0.3, 0.4) is 0 Å². The molecule has 1 aromatic heterocycles. The standard InChI is InChI=1S/C13H21N3O3S/c1-3-20(18,19)10-13(17)16-6-4-5-12(16)9-15-8-11(2)7-14-15/h7-8,12H,3-6,9-10H2,1-2H3. The SMILES string of the molecule is CCS(=O)(=O)CC(=O)N1CCCC1Cn1cc(C)cn1. The molecule has 1 fully saturated rings. The van der Waals surface area contributed by atoms with Gasteiger partial charge in [-0.2, -0.15) is 5.10 Å². The Bertz CT molecular complexity index is 579. The molecule has 2 heterocycles. The monoisotopic (exact) mass is 299 g/mol. The lowest BCUT2D eigenvalue weighted by Gasteiger charge is -2.24. The van der Waals surface area contributed by atoms with Gasteiger partial charge in [-0.1, -0.05) is 6.92 Å². The van der Waals surface area contributed by atoms with Gasteiger partial charge in [-0.3, -0.25) is 9.48 Å². The van der Waals surface area contributed by atoms with Crippen molar-refractivity contribution in [2.75, 3.05) is 18.1 Å². The van der Waals surface area contributed by atoms with E-state index in [2.05, 4.69) is 5.10 Å². The second kappa shape index (κ2) is 5.95. The minimum absolute atomic E-state index is 0.00952. The summed E-state index contributed by atoms with van der Waals surface area (Å²) in [5.74, 6) is -0.647. The molecule has 112 valence electrons. The quantitative estimate of drug-likeness (QED) is 0.799. The highest BCUT2D eigenvalue weighted by atomic mass is 32.2. The summed E-state index contributed by atoms with van der Waals surface area (Å²) in [6.07, 6.45) is 5.53. The number of likely N-dealkylation sites (tertiary alicyclic amines) is 1. The van der Waals surface area contributed by atoms with E-state index in [-0.39, 0.29) is 23.5 Å². The summed E-state index contributed by atoms with van der Waals surface area (Å²) in [6, 6.07) is 0.0499. The number of carbonyl (C=O) groups excluding carboxylic acids is 1. The second-order valence-corrected chi connectivity index (χ2v) is 7.65. The first-order valence-corrected chi connectivity index (χ1v) is 8.72. The maximum absolute atomic E-state index is 12.1. The van der Waals surface area contributed by atoms with Crippen molar-refractivity contribution in [1.82, 2.24) is 14.7 Å². The summed E-state index contributed by atoms with van der Waals surface area (Å²) in [5.41, 5.74) is 1.08. The Balaban J connectivity index is 2.02. The number of aryl methyl sites for hydroxylation is 1. The molecule has 0 saturated carbocycles. The van der Waals surface area contributed by atoms with Crippen LogP contribution in [0.5, 0.6) is 0 Å². The van der Waals surface area contributed by atoms with Gasteiger partial charge in [0.05, 0.1) is 18.8 Å². The van der Waals surface area contributed by atoms with Gasteiger partial charge in [0.2, 0.25) is 5.91 Å². The molecule has 1 amide bonds. The van der Waals surface area contributed by atoms with Crippen LogP contribution in [0.25, 0.3) is 0 Å². The fraction of sp³-hybridized carbons (Fsp3) is 0.692. The molecular weight excluding hydrogens is 278 g/mol. The van der Waals surface area contributed by atoms with Crippen LogP contribution in [-0.2, 0) is 21.2 Å². The van der Waals surface area contributed by atoms with Crippen LogP contribution in [0.15, 0.2) is 12.4 Å². The first kappa shape index (κ1) is 15.0. The van der Waals surface area contributed by atoms with Crippen molar-refractivity contribution in [2.45, 2.75) is 39.3 Å². The summed E-state index contributed by atoms with van der Waals surface area (Å²) in [6.45, 7) is 4.81. The van der Waals surface area contributed by atoms with Crippen molar-refractivity contribution in [2.24, 2.45) is 0 Å². The molecule has 1 saturated heterocycles. The van der Waals surface area contributed by atoms with Crippen LogP contribution in [-0.4, -0.2) is 53.1 Å². The molecular formula is C13H21N3O3S. The van der Waals surface area contributed by atoms with Gasteiger partial charge in [-0.25, -0.2) is 8.42 Å². The molecule has 0 bridgehead atoms. The normalized spacial score (nSPS) is 19.5. The number of nitrogens with zero attached hydrogens (tertiary/aromatic N) is 3. The van der Waals surface area contributed by atoms with Gasteiger partial charge in [0.1, 0.15) is 5.75 Å². The fourth-order valence-electron chi connectivity index (χ4n) is 2.51. The van der Waals surface area contributed by atoms with Crippen LogP contribution >= 0.6 is 0 Å². The van der Waals surface area contributed by atoms with Crippen molar-refractivity contribution in [1.29, 1.82) is 0 Å². The number of sulfone groups is 1. The summed E-state index contributed by atoms with van der Waals surface area (Å²) >= 11 is 0. The number of rotatable bonds is 5. The molecule has 7 heteroatoms. The highest BCUT2D eigenvalue weighted by Crippen LogP contribution is 2.19. The molecule has 1 aliphatic heterocycles. The molecule has 1 unspecified atom stereocenters. The van der Waals surface area contributed by atoms with E-state index in [0.29, 0.717) is 13.1 Å². The third-order valence-electron chi connectivity index (χ3n) is 3.64. The molecule has 0 aliphatic carbocycles. The number of aromatic nitrogens is 2. The highest BCUT2D eigenvalue weighted by Gasteiger charge is 2.31. The third kappa shape index (κ3) is 3.59. The van der Waals surface area contributed by atoms with Crippen LogP contribution in [0, 0.1) is 6.92 Å². The van der Waals surface area contributed by atoms with E-state index in [0.717, 1.165) is 18.4 Å². The molecule has 6 nitrogen and oxygen atoms in total. The van der Waals surface area contributed by atoms with Gasteiger partial charge in [0.25, 0.3) is 0 Å². The van der Waals surface area contributed by atoms with Gasteiger partial charge in [-0.15, -0.1) is 0 Å². The Morgan fingerprint density at radius 3 is 2.85 bits per heavy atom. The van der Waals surface area contributed by atoms with Gasteiger partial charge < -0.3 is 4.90 Å². The summed E-state index contributed by atoms with van der Waals surface area (Å²) in [4.78, 5) is 13.8. The fourth-order valence-corrected chi connectivity index (χ4v) is 3.26. The smallest absolute Gasteiger partial charge is 0.238 e. The van der Waals surface area contributed by atoms with E-state index in [9.17, 15) is 13.2 Å². The van der Waals surface area contributed by atoms with Crippen molar-refractivity contribution < 1.29 is 13.2 Å². The highest BCUT2D eigenvalue weighted by molar-refractivity contribution is 7.92. The Morgan fingerprint density at radius 1 is 1.50 bits per heavy atom. The molecule has 1 atom stereocenters. The Kier molecular flexibility index (Phi) is 4.47. The zero-order valence-corrected chi connectivity index (χ0v) is 12.8. The van der Waals surface area contributed by atoms with Crippen LogP contribution in [0.4, 0.5) is 0 Å². The zero-order valence-electron chi connectivity index (χ0n) is 11.9. The third-order valence-corrected chi connectivity index (χ3v) is 5.21. The van der Waals surface area contributed by atoms with E-state index in [1.165, 1.54) is 0 Å². The minimum atomic E-state index is -3.26. The predicted octanol–water partition coefficient (Wildman–Crippen LogP) is 0.617. The minimum Gasteiger partial charge on any atom is -0.337 e. The van der Waals surface area contributed by atoms with Crippen molar-refractivity contribution in [3.63, 3.8) is 0 Å². The number of amides is 1. The van der Waals surface area contributed by atoms with Crippen LogP contribution in [0.2, 0.25) is 0 Å². The molecule has 0 radical (unpaired) electrons. The average molecular weight is 299 g/mol. The zero-order chi connectivity index (χ0) is 14.8. The molecule has 2 rings (SSSR count). The van der Waals surface area contributed by atoms with E-state index in [1.807, 2.05) is 17.8 Å². The van der Waals surface area contributed by atoms with Gasteiger partial charge in [0.15, 0.2) is 9.84 Å². The largest absolute Gasteiger partial charge is 0.337 e. The van der Waals surface area contributed by atoms with Crippen molar-refractivity contribution in [3.8, 4) is 0 Å². The molecule has 1 aliphatic rings. The van der Waals surface area contributed by atoms with Crippen LogP contribution in [0.1, 0.15) is 25.3 Å². The summed E-state index contributed by atoms with van der Waals surface area (Å²) in [5, 5.41) is 4.22. The predicted molar refractivity (Wildman–Crippen MR) is 76.0 cm³/mol. The van der Waals surface area contributed by atoms with Gasteiger partial charge >= 0.3 is 0 Å². The topological polar surface area (TPSA) is 72.3 Å². The molecule has 0 N–H and O–H groups in total. The Labute approximate surface area is 119 Å². The van der Waals surface area contributed by atoms with Gasteiger partial charge in [-0.05, 0) is 25.3 Å². The first-order valence-electron chi connectivity index (χ1n) is 6.90. The lowest BCUT2D eigenvalue weighted by Crippen LogP contribution is -2.41. The lowest BCUT2D eigenvalue weighted by molar-refractivity contribution is -0.129. The van der Waals surface area contributed by atoms with Crippen LogP contribution < -0.4 is 0 Å². The van der Waals surface area contributed by atoms with Crippen molar-refractivity contribution in [3.05, 3.63) is 18.0 Å². The Morgan fingerprint density at radius 2 is 2.25 bits per heavy atom. The molecule has 0 spiro atoms. The van der Waals surface area contributed by atoms with Crippen molar-refractivity contribution >= 4 is 15.7 Å². The summed E-state index contributed by atoms with van der Waals surface area (Å²) in [7, 11) is -3.26. The number of hydrogen-bond donors (Lipinski definition) is 0. The second-order valence-electron chi connectivity index (χ2n) is 5.30. The lowest BCUT2D eigenvalue weighted by atomic mass is 10.2. The Hall–Kier alpha value is -1.37. The van der Waals surface area contributed by atoms with E-state index >= 15 is 0 Å².